The number of hydrogen-bond donors (Lipinski definition) is 1. The second-order valence-electron chi connectivity index (χ2n) is 4.29. The highest BCUT2D eigenvalue weighted by Gasteiger charge is 2.26. The summed E-state index contributed by atoms with van der Waals surface area (Å²) in [4.78, 5) is 0.336. The standard InChI is InChI=1S/C12H18N2O3S.ClH/c1-10-9-11(3-4-12(10)17-2)18(15,16)14-7-5-13-6-8-14;/h3-4,9,13H,5-8H2,1-2H3;1H. The van der Waals surface area contributed by atoms with Gasteiger partial charge in [0.25, 0.3) is 0 Å². The van der Waals surface area contributed by atoms with Crippen LogP contribution in [0.3, 0.4) is 0 Å². The Morgan fingerprint density at radius 1 is 1.26 bits per heavy atom. The maximum absolute atomic E-state index is 12.4. The molecule has 1 aliphatic rings. The lowest BCUT2D eigenvalue weighted by molar-refractivity contribution is 0.360. The van der Waals surface area contributed by atoms with Gasteiger partial charge in [-0.1, -0.05) is 0 Å². The number of hydrogen-bond acceptors (Lipinski definition) is 4. The van der Waals surface area contributed by atoms with Gasteiger partial charge in [0.1, 0.15) is 5.75 Å². The number of nitrogens with zero attached hydrogens (tertiary/aromatic N) is 1. The fraction of sp³-hybridized carbons (Fsp3) is 0.500. The average Bonchev–Trinajstić information content (AvgIpc) is 2.39. The van der Waals surface area contributed by atoms with Crippen molar-refractivity contribution in [3.63, 3.8) is 0 Å². The molecule has 0 bridgehead atoms. The molecule has 5 nitrogen and oxygen atoms in total. The molecule has 7 heteroatoms. The molecule has 0 radical (unpaired) electrons. The van der Waals surface area contributed by atoms with Gasteiger partial charge in [-0.15, -0.1) is 12.4 Å². The first-order valence-electron chi connectivity index (χ1n) is 5.91. The van der Waals surface area contributed by atoms with Crippen molar-refractivity contribution in [2.75, 3.05) is 33.3 Å². The maximum Gasteiger partial charge on any atom is 0.243 e. The van der Waals surface area contributed by atoms with Crippen LogP contribution in [0.2, 0.25) is 0 Å². The van der Waals surface area contributed by atoms with Crippen LogP contribution in [0.4, 0.5) is 0 Å². The number of benzene rings is 1. The van der Waals surface area contributed by atoms with Gasteiger partial charge in [0.05, 0.1) is 12.0 Å². The lowest BCUT2D eigenvalue weighted by atomic mass is 10.2. The highest BCUT2D eigenvalue weighted by Crippen LogP contribution is 2.23. The minimum Gasteiger partial charge on any atom is -0.496 e. The molecule has 0 unspecified atom stereocenters. The number of ether oxygens (including phenoxy) is 1. The molecule has 1 aliphatic heterocycles. The molecular formula is C12H19ClN2O3S. The SMILES string of the molecule is COc1ccc(S(=O)(=O)N2CCNCC2)cc1C.Cl. The quantitative estimate of drug-likeness (QED) is 0.906. The van der Waals surface area contributed by atoms with Gasteiger partial charge >= 0.3 is 0 Å². The summed E-state index contributed by atoms with van der Waals surface area (Å²) in [7, 11) is -1.80. The van der Waals surface area contributed by atoms with Crippen LogP contribution in [-0.2, 0) is 10.0 Å². The van der Waals surface area contributed by atoms with E-state index in [1.807, 2.05) is 6.92 Å². The van der Waals surface area contributed by atoms with Crippen LogP contribution >= 0.6 is 12.4 Å². The highest BCUT2D eigenvalue weighted by atomic mass is 35.5. The molecule has 1 fully saturated rings. The second kappa shape index (κ2) is 6.56. The van der Waals surface area contributed by atoms with E-state index in [4.69, 9.17) is 4.74 Å². The van der Waals surface area contributed by atoms with Crippen LogP contribution in [-0.4, -0.2) is 46.0 Å². The number of sulfonamides is 1. The third-order valence-electron chi connectivity index (χ3n) is 3.08. The number of methoxy groups -OCH3 is 1. The molecule has 2 rings (SSSR count). The topological polar surface area (TPSA) is 58.6 Å². The number of nitrogens with one attached hydrogen (secondary N) is 1. The van der Waals surface area contributed by atoms with E-state index in [1.54, 1.807) is 25.3 Å². The summed E-state index contributed by atoms with van der Waals surface area (Å²) < 4.78 is 31.5. The van der Waals surface area contributed by atoms with Crippen LogP contribution < -0.4 is 10.1 Å². The van der Waals surface area contributed by atoms with Crippen molar-refractivity contribution in [3.05, 3.63) is 23.8 Å². The monoisotopic (exact) mass is 306 g/mol. The summed E-state index contributed by atoms with van der Waals surface area (Å²) in [6.07, 6.45) is 0. The smallest absolute Gasteiger partial charge is 0.243 e. The molecule has 1 heterocycles. The number of rotatable bonds is 3. The summed E-state index contributed by atoms with van der Waals surface area (Å²) in [5.41, 5.74) is 0.828. The molecule has 0 atom stereocenters. The summed E-state index contributed by atoms with van der Waals surface area (Å²) >= 11 is 0. The van der Waals surface area contributed by atoms with Gasteiger partial charge in [-0.3, -0.25) is 0 Å². The van der Waals surface area contributed by atoms with Crippen LogP contribution in [0.5, 0.6) is 5.75 Å². The van der Waals surface area contributed by atoms with E-state index in [0.717, 1.165) is 5.56 Å². The Morgan fingerprint density at radius 3 is 2.42 bits per heavy atom. The van der Waals surface area contributed by atoms with Crippen molar-refractivity contribution in [3.8, 4) is 5.75 Å². The molecule has 0 aromatic heterocycles. The fourth-order valence-electron chi connectivity index (χ4n) is 2.05. The van der Waals surface area contributed by atoms with Crippen LogP contribution in [0.1, 0.15) is 5.56 Å². The van der Waals surface area contributed by atoms with Crippen LogP contribution in [0.15, 0.2) is 23.1 Å². The van der Waals surface area contributed by atoms with Crippen LogP contribution in [0, 0.1) is 6.92 Å². The lowest BCUT2D eigenvalue weighted by Gasteiger charge is -2.26. The molecule has 19 heavy (non-hydrogen) atoms. The number of halogens is 1. The number of piperazine rings is 1. The molecule has 108 valence electrons. The zero-order valence-electron chi connectivity index (χ0n) is 11.0. The van der Waals surface area contributed by atoms with Crippen molar-refractivity contribution < 1.29 is 13.2 Å². The minimum absolute atomic E-state index is 0. The Labute approximate surface area is 120 Å². The molecule has 0 aliphatic carbocycles. The Balaban J connectivity index is 0.00000180. The van der Waals surface area contributed by atoms with Crippen molar-refractivity contribution >= 4 is 22.4 Å². The van der Waals surface area contributed by atoms with Gasteiger partial charge in [-0.2, -0.15) is 4.31 Å². The first-order chi connectivity index (χ1) is 8.55. The number of aryl methyl sites for hydroxylation is 1. The second-order valence-corrected chi connectivity index (χ2v) is 6.22. The van der Waals surface area contributed by atoms with E-state index < -0.39 is 10.0 Å². The van der Waals surface area contributed by atoms with Gasteiger partial charge in [0.2, 0.25) is 10.0 Å². The predicted molar refractivity (Wildman–Crippen MR) is 76.6 cm³/mol. The van der Waals surface area contributed by atoms with E-state index in [1.165, 1.54) is 4.31 Å². The molecule has 1 saturated heterocycles. The average molecular weight is 307 g/mol. The van der Waals surface area contributed by atoms with E-state index in [9.17, 15) is 8.42 Å². The molecule has 1 aromatic rings. The normalized spacial score (nSPS) is 16.7. The van der Waals surface area contributed by atoms with Gasteiger partial charge < -0.3 is 10.1 Å². The van der Waals surface area contributed by atoms with Crippen LogP contribution in [0.25, 0.3) is 0 Å². The molecule has 1 N–H and O–H groups in total. The Kier molecular flexibility index (Phi) is 5.61. The van der Waals surface area contributed by atoms with Crippen molar-refractivity contribution in [1.29, 1.82) is 0 Å². The largest absolute Gasteiger partial charge is 0.496 e. The van der Waals surface area contributed by atoms with E-state index >= 15 is 0 Å². The highest BCUT2D eigenvalue weighted by molar-refractivity contribution is 7.89. The predicted octanol–water partition coefficient (Wildman–Crippen LogP) is 1.02. The van der Waals surface area contributed by atoms with Crippen molar-refractivity contribution in [2.24, 2.45) is 0 Å². The zero-order valence-corrected chi connectivity index (χ0v) is 12.7. The maximum atomic E-state index is 12.4. The Bertz CT molecular complexity index is 528. The molecule has 1 aromatic carbocycles. The van der Waals surface area contributed by atoms with Crippen molar-refractivity contribution in [1.82, 2.24) is 9.62 Å². The summed E-state index contributed by atoms with van der Waals surface area (Å²) in [6, 6.07) is 4.96. The Morgan fingerprint density at radius 2 is 1.89 bits per heavy atom. The van der Waals surface area contributed by atoms with Gasteiger partial charge in [0, 0.05) is 26.2 Å². The lowest BCUT2D eigenvalue weighted by Crippen LogP contribution is -2.46. The van der Waals surface area contributed by atoms with E-state index in [2.05, 4.69) is 5.32 Å². The summed E-state index contributed by atoms with van der Waals surface area (Å²) in [5.74, 6) is 0.703. The molecule has 0 spiro atoms. The first-order valence-corrected chi connectivity index (χ1v) is 7.35. The first kappa shape index (κ1) is 16.2. The Hall–Kier alpha value is -0.820. The van der Waals surface area contributed by atoms with Crippen molar-refractivity contribution in [2.45, 2.75) is 11.8 Å². The van der Waals surface area contributed by atoms with E-state index in [0.29, 0.717) is 36.8 Å². The third kappa shape index (κ3) is 3.39. The summed E-state index contributed by atoms with van der Waals surface area (Å²) in [6.45, 7) is 4.29. The van der Waals surface area contributed by atoms with Gasteiger partial charge in [0.15, 0.2) is 0 Å². The zero-order chi connectivity index (χ0) is 13.2. The minimum atomic E-state index is -3.37. The van der Waals surface area contributed by atoms with Gasteiger partial charge in [-0.05, 0) is 30.7 Å². The summed E-state index contributed by atoms with van der Waals surface area (Å²) in [5, 5.41) is 3.14. The van der Waals surface area contributed by atoms with Gasteiger partial charge in [-0.25, -0.2) is 8.42 Å². The molecular weight excluding hydrogens is 288 g/mol. The van der Waals surface area contributed by atoms with E-state index in [-0.39, 0.29) is 12.4 Å². The molecule has 0 saturated carbocycles. The molecule has 0 amide bonds. The fourth-order valence-corrected chi connectivity index (χ4v) is 3.57. The third-order valence-corrected chi connectivity index (χ3v) is 4.97.